The third-order valence-electron chi connectivity index (χ3n) is 4.33. The number of hydrogen-bond donors (Lipinski definition) is 2. The van der Waals surface area contributed by atoms with E-state index in [9.17, 15) is 5.11 Å². The molecule has 0 aliphatic carbocycles. The second kappa shape index (κ2) is 7.16. The number of fused-ring (bicyclic) bond motifs is 1. The molecule has 0 spiro atoms. The molecule has 3 rings (SSSR count). The monoisotopic (exact) mass is 409 g/mol. The van der Waals surface area contributed by atoms with Crippen molar-refractivity contribution in [1.82, 2.24) is 9.47 Å². The van der Waals surface area contributed by atoms with E-state index in [0.29, 0.717) is 12.4 Å². The summed E-state index contributed by atoms with van der Waals surface area (Å²) in [5, 5.41) is 19.3. The van der Waals surface area contributed by atoms with Crippen molar-refractivity contribution in [2.24, 2.45) is 16.0 Å². The molecule has 1 saturated heterocycles. The Labute approximate surface area is 154 Å². The third-order valence-corrected chi connectivity index (χ3v) is 5.26. The van der Waals surface area contributed by atoms with Crippen molar-refractivity contribution in [2.45, 2.75) is 32.9 Å². The number of aromatic nitrogens is 1. The molecule has 1 aromatic carbocycles. The number of hydrogen-bond acceptors (Lipinski definition) is 4. The fourth-order valence-electron chi connectivity index (χ4n) is 3.08. The molecular weight excluding hydrogens is 390 g/mol. The first-order valence-electron chi connectivity index (χ1n) is 7.92. The molecule has 128 valence electrons. The standard InChI is InChI=1S/C16H20BrN5OS/c1-10-7-13-11(8-12(10)17)14(19-20-16(18)24)15(23)22(13)9-21-5-3-2-4-6-21/h7-8,23H,2-6,9H2,1H3,(H2,18,24). The van der Waals surface area contributed by atoms with E-state index in [4.69, 9.17) is 18.0 Å². The Bertz CT molecular complexity index is 811. The van der Waals surface area contributed by atoms with Gasteiger partial charge in [-0.05, 0) is 62.8 Å². The summed E-state index contributed by atoms with van der Waals surface area (Å²) < 4.78 is 2.84. The van der Waals surface area contributed by atoms with Gasteiger partial charge < -0.3 is 10.8 Å². The predicted molar refractivity (Wildman–Crippen MR) is 103 cm³/mol. The van der Waals surface area contributed by atoms with Gasteiger partial charge in [0.15, 0.2) is 5.69 Å². The number of nitrogens with two attached hydrogens (primary N) is 1. The summed E-state index contributed by atoms with van der Waals surface area (Å²) in [6, 6.07) is 3.99. The first kappa shape index (κ1) is 17.3. The Morgan fingerprint density at radius 2 is 2.04 bits per heavy atom. The molecule has 0 amide bonds. The fourth-order valence-corrected chi connectivity index (χ4v) is 3.47. The highest BCUT2D eigenvalue weighted by Gasteiger charge is 2.20. The van der Waals surface area contributed by atoms with Crippen molar-refractivity contribution in [3.8, 4) is 5.88 Å². The molecule has 8 heteroatoms. The van der Waals surface area contributed by atoms with Crippen molar-refractivity contribution >= 4 is 49.9 Å². The maximum absolute atomic E-state index is 10.7. The summed E-state index contributed by atoms with van der Waals surface area (Å²) in [5.41, 5.74) is 7.83. The van der Waals surface area contributed by atoms with E-state index >= 15 is 0 Å². The largest absolute Gasteiger partial charge is 0.493 e. The number of aromatic hydroxyl groups is 1. The van der Waals surface area contributed by atoms with E-state index in [1.54, 1.807) is 0 Å². The summed E-state index contributed by atoms with van der Waals surface area (Å²) in [4.78, 5) is 2.34. The molecule has 1 fully saturated rings. The summed E-state index contributed by atoms with van der Waals surface area (Å²) in [6.45, 7) is 4.73. The van der Waals surface area contributed by atoms with E-state index < -0.39 is 0 Å². The molecule has 6 nitrogen and oxygen atoms in total. The third kappa shape index (κ3) is 3.45. The van der Waals surface area contributed by atoms with Gasteiger partial charge in [0.2, 0.25) is 11.0 Å². The normalized spacial score (nSPS) is 16.2. The number of benzene rings is 1. The summed E-state index contributed by atoms with van der Waals surface area (Å²) in [5.74, 6) is 0.0908. The van der Waals surface area contributed by atoms with E-state index in [-0.39, 0.29) is 11.0 Å². The topological polar surface area (TPSA) is 79.1 Å². The average molecular weight is 410 g/mol. The van der Waals surface area contributed by atoms with Crippen molar-refractivity contribution in [1.29, 1.82) is 0 Å². The van der Waals surface area contributed by atoms with Crippen LogP contribution in [-0.2, 0) is 6.67 Å². The van der Waals surface area contributed by atoms with Gasteiger partial charge in [0, 0.05) is 9.86 Å². The molecule has 1 aliphatic rings. The highest BCUT2D eigenvalue weighted by molar-refractivity contribution is 9.10. The van der Waals surface area contributed by atoms with Gasteiger partial charge in [-0.15, -0.1) is 10.2 Å². The second-order valence-electron chi connectivity index (χ2n) is 6.08. The minimum absolute atomic E-state index is 0.0579. The number of halogens is 1. The summed E-state index contributed by atoms with van der Waals surface area (Å²) in [6.07, 6.45) is 3.66. The number of thiocarbonyl (C=S) groups is 1. The number of likely N-dealkylation sites (tertiary alicyclic amines) is 1. The Hall–Kier alpha value is -1.51. The minimum Gasteiger partial charge on any atom is -0.493 e. The summed E-state index contributed by atoms with van der Waals surface area (Å²) >= 11 is 8.30. The smallest absolute Gasteiger partial charge is 0.221 e. The lowest BCUT2D eigenvalue weighted by Gasteiger charge is -2.27. The Balaban J connectivity index is 2.10. The first-order valence-corrected chi connectivity index (χ1v) is 9.12. The quantitative estimate of drug-likeness (QED) is 0.588. The number of rotatable bonds is 3. The highest BCUT2D eigenvalue weighted by atomic mass is 79.9. The first-order chi connectivity index (χ1) is 11.5. The van der Waals surface area contributed by atoms with Crippen molar-refractivity contribution in [3.63, 3.8) is 0 Å². The molecule has 1 aromatic heterocycles. The van der Waals surface area contributed by atoms with Gasteiger partial charge in [-0.25, -0.2) is 0 Å². The zero-order valence-corrected chi connectivity index (χ0v) is 15.9. The highest BCUT2D eigenvalue weighted by Crippen LogP contribution is 2.41. The van der Waals surface area contributed by atoms with Gasteiger partial charge in [0.05, 0.1) is 12.2 Å². The van der Waals surface area contributed by atoms with Gasteiger partial charge >= 0.3 is 0 Å². The van der Waals surface area contributed by atoms with Crippen molar-refractivity contribution < 1.29 is 5.11 Å². The van der Waals surface area contributed by atoms with Crippen LogP contribution < -0.4 is 5.73 Å². The molecule has 2 aromatic rings. The lowest BCUT2D eigenvalue weighted by Crippen LogP contribution is -2.31. The second-order valence-corrected chi connectivity index (χ2v) is 7.35. The lowest BCUT2D eigenvalue weighted by atomic mass is 10.1. The molecule has 0 atom stereocenters. The molecule has 0 unspecified atom stereocenters. The molecule has 0 radical (unpaired) electrons. The van der Waals surface area contributed by atoms with Crippen molar-refractivity contribution in [2.75, 3.05) is 13.1 Å². The molecule has 0 bridgehead atoms. The van der Waals surface area contributed by atoms with Crippen LogP contribution in [0.2, 0.25) is 0 Å². The van der Waals surface area contributed by atoms with Crippen LogP contribution in [0.5, 0.6) is 5.88 Å². The fraction of sp³-hybridized carbons (Fsp3) is 0.438. The number of azo groups is 1. The van der Waals surface area contributed by atoms with Crippen LogP contribution in [0.1, 0.15) is 24.8 Å². The summed E-state index contributed by atoms with van der Waals surface area (Å²) in [7, 11) is 0. The van der Waals surface area contributed by atoms with Gasteiger partial charge in [0.25, 0.3) is 0 Å². The molecule has 1 aliphatic heterocycles. The molecule has 3 N–H and O–H groups in total. The van der Waals surface area contributed by atoms with Gasteiger partial charge in [-0.2, -0.15) is 0 Å². The van der Waals surface area contributed by atoms with Crippen LogP contribution in [0.3, 0.4) is 0 Å². The van der Waals surface area contributed by atoms with E-state index in [0.717, 1.165) is 34.0 Å². The molecule has 2 heterocycles. The number of piperidine rings is 1. The molecule has 24 heavy (non-hydrogen) atoms. The average Bonchev–Trinajstić information content (AvgIpc) is 2.79. The molecular formula is C16H20BrN5OS. The minimum atomic E-state index is -0.0579. The zero-order valence-electron chi connectivity index (χ0n) is 13.5. The van der Waals surface area contributed by atoms with E-state index in [1.165, 1.54) is 19.3 Å². The van der Waals surface area contributed by atoms with E-state index in [2.05, 4.69) is 31.1 Å². The van der Waals surface area contributed by atoms with E-state index in [1.807, 2.05) is 23.6 Å². The maximum Gasteiger partial charge on any atom is 0.221 e. The number of aryl methyl sites for hydroxylation is 1. The van der Waals surface area contributed by atoms with Crippen LogP contribution in [-0.4, -0.2) is 32.8 Å². The van der Waals surface area contributed by atoms with Crippen LogP contribution in [0.15, 0.2) is 26.8 Å². The van der Waals surface area contributed by atoms with Crippen LogP contribution in [0.4, 0.5) is 5.69 Å². The zero-order chi connectivity index (χ0) is 17.3. The molecule has 0 saturated carbocycles. The van der Waals surface area contributed by atoms with Crippen LogP contribution >= 0.6 is 28.1 Å². The van der Waals surface area contributed by atoms with Gasteiger partial charge in [-0.1, -0.05) is 22.4 Å². The SMILES string of the molecule is Cc1cc2c(cc1Br)c(N=NC(N)=S)c(O)n2CN1CCCCC1. The lowest BCUT2D eigenvalue weighted by molar-refractivity contribution is 0.178. The Kier molecular flexibility index (Phi) is 5.17. The maximum atomic E-state index is 10.7. The Morgan fingerprint density at radius 3 is 2.71 bits per heavy atom. The van der Waals surface area contributed by atoms with Gasteiger partial charge in [0.1, 0.15) is 0 Å². The van der Waals surface area contributed by atoms with Gasteiger partial charge in [-0.3, -0.25) is 9.47 Å². The van der Waals surface area contributed by atoms with Crippen LogP contribution in [0, 0.1) is 6.92 Å². The Morgan fingerprint density at radius 1 is 1.33 bits per heavy atom. The predicted octanol–water partition coefficient (Wildman–Crippen LogP) is 4.19. The number of nitrogens with zero attached hydrogens (tertiary/aromatic N) is 4. The van der Waals surface area contributed by atoms with Crippen molar-refractivity contribution in [3.05, 3.63) is 22.2 Å². The van der Waals surface area contributed by atoms with Crippen LogP contribution in [0.25, 0.3) is 10.9 Å².